The van der Waals surface area contributed by atoms with E-state index in [0.717, 1.165) is 6.42 Å². The van der Waals surface area contributed by atoms with Crippen molar-refractivity contribution in [2.75, 3.05) is 18.8 Å². The molecule has 0 atom stereocenters. The highest BCUT2D eigenvalue weighted by Gasteiger charge is 2.12. The topological polar surface area (TPSA) is 77.0 Å². The minimum absolute atomic E-state index is 0.0790. The van der Waals surface area contributed by atoms with E-state index in [4.69, 9.17) is 12.2 Å². The molecular weight excluding hydrogens is 206 g/mol. The summed E-state index contributed by atoms with van der Waals surface area (Å²) in [7, 11) is 0. The van der Waals surface area contributed by atoms with Crippen molar-refractivity contribution in [3.63, 3.8) is 0 Å². The molecule has 0 saturated carbocycles. The monoisotopic (exact) mass is 221 g/mol. The number of anilines is 1. The molecule has 16 heavy (non-hydrogen) atoms. The van der Waals surface area contributed by atoms with Gasteiger partial charge in [0.2, 0.25) is 11.9 Å². The zero-order valence-electron chi connectivity index (χ0n) is 9.26. The maximum absolute atomic E-state index is 11.8. The van der Waals surface area contributed by atoms with Crippen LogP contribution in [0.5, 0.6) is 0 Å². The molecule has 0 spiro atoms. The number of nitrogens with two attached hydrogens (primary N) is 1. The molecule has 0 radical (unpaired) electrons. The first-order valence-corrected chi connectivity index (χ1v) is 5.03. The van der Waals surface area contributed by atoms with Crippen molar-refractivity contribution >= 4 is 11.9 Å². The van der Waals surface area contributed by atoms with E-state index in [9.17, 15) is 4.79 Å². The highest BCUT2D eigenvalue weighted by atomic mass is 16.2. The summed E-state index contributed by atoms with van der Waals surface area (Å²) in [5.74, 6) is 2.54. The first-order valence-electron chi connectivity index (χ1n) is 5.03. The molecule has 0 aliphatic rings. The van der Waals surface area contributed by atoms with E-state index in [0.29, 0.717) is 13.1 Å². The minimum Gasteiger partial charge on any atom is -0.367 e. The lowest BCUT2D eigenvalue weighted by atomic mass is 10.4. The maximum Gasteiger partial charge on any atom is 0.245 e. The molecule has 86 valence electrons. The Morgan fingerprint density at radius 1 is 1.75 bits per heavy atom. The van der Waals surface area contributed by atoms with Crippen LogP contribution in [0, 0.1) is 12.3 Å². The van der Waals surface area contributed by atoms with Gasteiger partial charge in [-0.1, -0.05) is 12.8 Å². The van der Waals surface area contributed by atoms with E-state index < -0.39 is 0 Å². The lowest BCUT2D eigenvalue weighted by Crippen LogP contribution is -2.35. The third kappa shape index (κ3) is 3.28. The molecular formula is C10H15N5O. The molecule has 6 heteroatoms. The van der Waals surface area contributed by atoms with E-state index in [1.165, 1.54) is 11.0 Å². The van der Waals surface area contributed by atoms with E-state index in [1.807, 2.05) is 6.92 Å². The SMILES string of the molecule is C#CCN(CCC)C(=O)Cn1cnc(N)n1. The Bertz CT molecular complexity index is 392. The summed E-state index contributed by atoms with van der Waals surface area (Å²) in [6.45, 7) is 3.07. The summed E-state index contributed by atoms with van der Waals surface area (Å²) in [5, 5.41) is 3.84. The van der Waals surface area contributed by atoms with E-state index >= 15 is 0 Å². The Kier molecular flexibility index (Phi) is 4.33. The van der Waals surface area contributed by atoms with E-state index in [1.54, 1.807) is 4.90 Å². The van der Waals surface area contributed by atoms with E-state index in [2.05, 4.69) is 16.0 Å². The largest absolute Gasteiger partial charge is 0.367 e. The van der Waals surface area contributed by atoms with Gasteiger partial charge in [-0.15, -0.1) is 11.5 Å². The summed E-state index contributed by atoms with van der Waals surface area (Å²) in [6, 6.07) is 0. The van der Waals surface area contributed by atoms with Gasteiger partial charge in [0.25, 0.3) is 0 Å². The Hall–Kier alpha value is -2.03. The average Bonchev–Trinajstić information content (AvgIpc) is 2.63. The molecule has 1 aromatic heterocycles. The van der Waals surface area contributed by atoms with Gasteiger partial charge < -0.3 is 10.6 Å². The number of aromatic nitrogens is 3. The fourth-order valence-electron chi connectivity index (χ4n) is 1.30. The number of nitrogens with zero attached hydrogens (tertiary/aromatic N) is 4. The normalized spacial score (nSPS) is 9.75. The summed E-state index contributed by atoms with van der Waals surface area (Å²) in [5.41, 5.74) is 5.35. The van der Waals surface area contributed by atoms with Crippen LogP contribution in [-0.4, -0.2) is 38.7 Å². The average molecular weight is 221 g/mol. The molecule has 1 amide bonds. The molecule has 0 bridgehead atoms. The molecule has 0 aliphatic heterocycles. The summed E-state index contributed by atoms with van der Waals surface area (Å²) in [4.78, 5) is 17.2. The van der Waals surface area contributed by atoms with Gasteiger partial charge in [-0.25, -0.2) is 9.67 Å². The van der Waals surface area contributed by atoms with Gasteiger partial charge in [-0.3, -0.25) is 4.79 Å². The number of amides is 1. The number of hydrogen-bond acceptors (Lipinski definition) is 4. The third-order valence-electron chi connectivity index (χ3n) is 1.98. The van der Waals surface area contributed by atoms with Crippen molar-refractivity contribution in [2.24, 2.45) is 0 Å². The lowest BCUT2D eigenvalue weighted by Gasteiger charge is -2.18. The second kappa shape index (κ2) is 5.75. The Morgan fingerprint density at radius 3 is 3.00 bits per heavy atom. The molecule has 0 saturated heterocycles. The predicted molar refractivity (Wildman–Crippen MR) is 60.1 cm³/mol. The quantitative estimate of drug-likeness (QED) is 0.694. The standard InChI is InChI=1S/C10H15N5O/c1-3-5-14(6-4-2)9(16)7-15-8-12-10(11)13-15/h1,8H,4-7H2,2H3,(H2,11,13). The summed E-state index contributed by atoms with van der Waals surface area (Å²) < 4.78 is 1.40. The Balaban J connectivity index is 2.58. The van der Waals surface area contributed by atoms with Crippen LogP contribution in [0.25, 0.3) is 0 Å². The molecule has 0 fully saturated rings. The van der Waals surface area contributed by atoms with Crippen LogP contribution < -0.4 is 5.73 Å². The van der Waals surface area contributed by atoms with Crippen LogP contribution in [0.15, 0.2) is 6.33 Å². The maximum atomic E-state index is 11.8. The number of carbonyl (C=O) groups excluding carboxylic acids is 1. The van der Waals surface area contributed by atoms with Gasteiger partial charge in [0.15, 0.2) is 0 Å². The third-order valence-corrected chi connectivity index (χ3v) is 1.98. The van der Waals surface area contributed by atoms with Crippen molar-refractivity contribution in [3.8, 4) is 12.3 Å². The van der Waals surface area contributed by atoms with Crippen molar-refractivity contribution in [1.29, 1.82) is 0 Å². The smallest absolute Gasteiger partial charge is 0.245 e. The van der Waals surface area contributed by atoms with Crippen LogP contribution >= 0.6 is 0 Å². The zero-order chi connectivity index (χ0) is 12.0. The van der Waals surface area contributed by atoms with Gasteiger partial charge in [-0.2, -0.15) is 0 Å². The first kappa shape index (κ1) is 12.0. The second-order valence-corrected chi connectivity index (χ2v) is 3.32. The van der Waals surface area contributed by atoms with Crippen molar-refractivity contribution in [1.82, 2.24) is 19.7 Å². The predicted octanol–water partition coefficient (Wildman–Crippen LogP) is -0.268. The summed E-state index contributed by atoms with van der Waals surface area (Å²) >= 11 is 0. The lowest BCUT2D eigenvalue weighted by molar-refractivity contribution is -0.131. The zero-order valence-corrected chi connectivity index (χ0v) is 9.26. The van der Waals surface area contributed by atoms with Crippen LogP contribution in [0.4, 0.5) is 5.95 Å². The second-order valence-electron chi connectivity index (χ2n) is 3.32. The molecule has 0 aliphatic carbocycles. The fraction of sp³-hybridized carbons (Fsp3) is 0.500. The molecule has 1 aromatic rings. The Labute approximate surface area is 94.4 Å². The van der Waals surface area contributed by atoms with Crippen LogP contribution in [0.2, 0.25) is 0 Å². The molecule has 0 aromatic carbocycles. The highest BCUT2D eigenvalue weighted by Crippen LogP contribution is 1.96. The Morgan fingerprint density at radius 2 is 2.50 bits per heavy atom. The number of carbonyl (C=O) groups is 1. The number of terminal acetylenes is 1. The van der Waals surface area contributed by atoms with Crippen LogP contribution in [0.1, 0.15) is 13.3 Å². The fourth-order valence-corrected chi connectivity index (χ4v) is 1.30. The number of rotatable bonds is 5. The molecule has 2 N–H and O–H groups in total. The minimum atomic E-state index is -0.0790. The van der Waals surface area contributed by atoms with Gasteiger partial charge >= 0.3 is 0 Å². The van der Waals surface area contributed by atoms with Crippen LogP contribution in [0.3, 0.4) is 0 Å². The number of nitrogen functional groups attached to an aromatic ring is 1. The highest BCUT2D eigenvalue weighted by molar-refractivity contribution is 5.76. The van der Waals surface area contributed by atoms with Gasteiger partial charge in [-0.05, 0) is 6.42 Å². The van der Waals surface area contributed by atoms with Gasteiger partial charge in [0, 0.05) is 6.54 Å². The molecule has 0 unspecified atom stereocenters. The van der Waals surface area contributed by atoms with Crippen molar-refractivity contribution in [3.05, 3.63) is 6.33 Å². The molecule has 1 rings (SSSR count). The molecule has 1 heterocycles. The van der Waals surface area contributed by atoms with Gasteiger partial charge in [0.05, 0.1) is 6.54 Å². The first-order chi connectivity index (χ1) is 7.67. The van der Waals surface area contributed by atoms with Gasteiger partial charge in [0.1, 0.15) is 12.9 Å². The number of hydrogen-bond donors (Lipinski definition) is 1. The van der Waals surface area contributed by atoms with Crippen molar-refractivity contribution < 1.29 is 4.79 Å². The van der Waals surface area contributed by atoms with Crippen molar-refractivity contribution in [2.45, 2.75) is 19.9 Å². The molecule has 6 nitrogen and oxygen atoms in total. The summed E-state index contributed by atoms with van der Waals surface area (Å²) in [6.07, 6.45) is 7.49. The van der Waals surface area contributed by atoms with E-state index in [-0.39, 0.29) is 18.4 Å². The van der Waals surface area contributed by atoms with Crippen LogP contribution in [-0.2, 0) is 11.3 Å².